The highest BCUT2D eigenvalue weighted by atomic mass is 35.5. The third kappa shape index (κ3) is 6.48. The highest BCUT2D eigenvalue weighted by Gasteiger charge is 2.25. The fourth-order valence-electron chi connectivity index (χ4n) is 3.14. The third-order valence-corrected chi connectivity index (χ3v) is 7.76. The van der Waals surface area contributed by atoms with Crippen LogP contribution in [0.15, 0.2) is 59.5 Å². The van der Waals surface area contributed by atoms with E-state index in [2.05, 4.69) is 15.4 Å². The number of benzene rings is 3. The van der Waals surface area contributed by atoms with Gasteiger partial charge in [0, 0.05) is 6.07 Å². The second kappa shape index (κ2) is 11.5. The first-order valence-corrected chi connectivity index (χ1v) is 13.2. The van der Waals surface area contributed by atoms with Gasteiger partial charge in [0.25, 0.3) is 5.91 Å². The van der Waals surface area contributed by atoms with Crippen LogP contribution in [-0.4, -0.2) is 31.4 Å². The van der Waals surface area contributed by atoms with Crippen molar-refractivity contribution in [3.63, 3.8) is 0 Å². The van der Waals surface area contributed by atoms with Crippen LogP contribution in [0, 0.1) is 6.92 Å². The van der Waals surface area contributed by atoms with E-state index in [9.17, 15) is 23.1 Å². The van der Waals surface area contributed by atoms with Gasteiger partial charge < -0.3 is 15.7 Å². The van der Waals surface area contributed by atoms with Crippen molar-refractivity contribution in [2.45, 2.75) is 31.2 Å². The van der Waals surface area contributed by atoms with Gasteiger partial charge >= 0.3 is 0 Å². The molecule has 3 aromatic carbocycles. The molecule has 190 valence electrons. The van der Waals surface area contributed by atoms with E-state index in [0.29, 0.717) is 0 Å². The number of rotatable bonds is 8. The van der Waals surface area contributed by atoms with E-state index in [-0.39, 0.29) is 43.3 Å². The molecule has 36 heavy (non-hydrogen) atoms. The molecule has 3 rings (SSSR count). The summed E-state index contributed by atoms with van der Waals surface area (Å²) in [6.07, 6.45) is 0.148. The average molecular weight is 571 g/mol. The Kier molecular flexibility index (Phi) is 8.86. The summed E-state index contributed by atoms with van der Waals surface area (Å²) in [4.78, 5) is 25.4. The second-order valence-electron chi connectivity index (χ2n) is 7.79. The number of carbonyl (C=O) groups excluding carboxylic acids is 2. The molecule has 8 nitrogen and oxygen atoms in total. The highest BCUT2D eigenvalue weighted by molar-refractivity contribution is 7.89. The summed E-state index contributed by atoms with van der Waals surface area (Å²) in [5, 5.41) is 15.6. The predicted molar refractivity (Wildman–Crippen MR) is 142 cm³/mol. The fraction of sp³-hybridized carbons (Fsp3) is 0.167. The molecule has 0 radical (unpaired) electrons. The van der Waals surface area contributed by atoms with Gasteiger partial charge in [0.05, 0.1) is 36.9 Å². The maximum Gasteiger partial charge on any atom is 0.257 e. The van der Waals surface area contributed by atoms with Crippen LogP contribution in [0.3, 0.4) is 0 Å². The molecule has 0 aliphatic heterocycles. The van der Waals surface area contributed by atoms with Gasteiger partial charge in [0.1, 0.15) is 11.8 Å². The summed E-state index contributed by atoms with van der Waals surface area (Å²) in [6.45, 7) is 3.47. The molecule has 0 aromatic heterocycles. The molecule has 0 spiro atoms. The van der Waals surface area contributed by atoms with Gasteiger partial charge in [0.2, 0.25) is 15.9 Å². The lowest BCUT2D eigenvalue weighted by Gasteiger charge is -2.18. The molecule has 0 saturated carbocycles. The molecule has 0 saturated heterocycles. The van der Waals surface area contributed by atoms with Gasteiger partial charge in [-0.25, -0.2) is 8.42 Å². The molecule has 2 amide bonds. The smallest absolute Gasteiger partial charge is 0.257 e. The second-order valence-corrected chi connectivity index (χ2v) is 10.7. The lowest BCUT2D eigenvalue weighted by molar-refractivity contribution is -0.117. The lowest BCUT2D eigenvalue weighted by atomic mass is 10.2. The van der Waals surface area contributed by atoms with E-state index in [4.69, 9.17) is 34.8 Å². The van der Waals surface area contributed by atoms with E-state index in [1.807, 2.05) is 6.92 Å². The minimum absolute atomic E-state index is 0.00936. The average Bonchev–Trinajstić information content (AvgIpc) is 2.82. The van der Waals surface area contributed by atoms with E-state index in [1.54, 1.807) is 25.1 Å². The van der Waals surface area contributed by atoms with Crippen LogP contribution in [-0.2, 0) is 14.8 Å². The van der Waals surface area contributed by atoms with Crippen LogP contribution < -0.4 is 15.4 Å². The van der Waals surface area contributed by atoms with Crippen molar-refractivity contribution in [1.82, 2.24) is 4.72 Å². The first-order valence-electron chi connectivity index (χ1n) is 10.6. The Bertz CT molecular complexity index is 1410. The molecular weight excluding hydrogens is 549 g/mol. The monoisotopic (exact) mass is 569 g/mol. The Labute approximate surface area is 223 Å². The molecular formula is C24H22Cl3N3O5S. The van der Waals surface area contributed by atoms with Crippen molar-refractivity contribution in [1.29, 1.82) is 0 Å². The highest BCUT2D eigenvalue weighted by Crippen LogP contribution is 2.35. The zero-order valence-corrected chi connectivity index (χ0v) is 22.2. The van der Waals surface area contributed by atoms with Crippen molar-refractivity contribution in [3.8, 4) is 5.75 Å². The first kappa shape index (κ1) is 27.8. The number of amides is 2. The van der Waals surface area contributed by atoms with Gasteiger partial charge in [0.15, 0.2) is 0 Å². The van der Waals surface area contributed by atoms with E-state index < -0.39 is 33.6 Å². The van der Waals surface area contributed by atoms with Gasteiger partial charge in [-0.15, -0.1) is 0 Å². The van der Waals surface area contributed by atoms with E-state index in [1.165, 1.54) is 30.3 Å². The number of nitrogens with one attached hydrogen (secondary N) is 3. The zero-order chi connectivity index (χ0) is 26.6. The van der Waals surface area contributed by atoms with Crippen LogP contribution in [0.2, 0.25) is 15.1 Å². The van der Waals surface area contributed by atoms with Gasteiger partial charge in [-0.1, -0.05) is 65.5 Å². The third-order valence-electron chi connectivity index (χ3n) is 5.14. The van der Waals surface area contributed by atoms with Crippen molar-refractivity contribution in [2.75, 3.05) is 10.6 Å². The largest absolute Gasteiger partial charge is 0.506 e. The molecule has 3 aromatic rings. The Hall–Kier alpha value is -2.82. The quantitative estimate of drug-likeness (QED) is 0.262. The minimum Gasteiger partial charge on any atom is -0.506 e. The topological polar surface area (TPSA) is 125 Å². The zero-order valence-electron chi connectivity index (χ0n) is 19.1. The van der Waals surface area contributed by atoms with Gasteiger partial charge in [-0.3, -0.25) is 9.59 Å². The first-order chi connectivity index (χ1) is 16.9. The summed E-state index contributed by atoms with van der Waals surface area (Å²) in [5.74, 6) is -1.71. The summed E-state index contributed by atoms with van der Waals surface area (Å²) in [5.41, 5.74) is 0.962. The molecule has 0 heterocycles. The number of carbonyl (C=O) groups is 2. The molecule has 0 fully saturated rings. The van der Waals surface area contributed by atoms with E-state index in [0.717, 1.165) is 11.6 Å². The van der Waals surface area contributed by atoms with Crippen molar-refractivity contribution in [3.05, 3.63) is 80.8 Å². The molecule has 0 bridgehead atoms. The number of hydrogen-bond acceptors (Lipinski definition) is 5. The number of aromatic hydroxyl groups is 1. The van der Waals surface area contributed by atoms with Crippen LogP contribution in [0.25, 0.3) is 0 Å². The molecule has 0 aliphatic rings. The minimum atomic E-state index is -3.96. The van der Waals surface area contributed by atoms with Gasteiger partial charge in [-0.05, 0) is 43.7 Å². The molecule has 1 unspecified atom stereocenters. The van der Waals surface area contributed by atoms with Crippen molar-refractivity contribution < 1.29 is 23.1 Å². The van der Waals surface area contributed by atoms with Crippen molar-refractivity contribution in [2.24, 2.45) is 0 Å². The molecule has 12 heteroatoms. The molecule has 1 atom stereocenters. The normalized spacial score (nSPS) is 12.1. The fourth-order valence-corrected chi connectivity index (χ4v) is 5.02. The maximum atomic E-state index is 12.8. The Morgan fingerprint density at radius 1 is 0.944 bits per heavy atom. The summed E-state index contributed by atoms with van der Waals surface area (Å²) in [7, 11) is -3.96. The number of anilines is 2. The Morgan fingerprint density at radius 2 is 1.61 bits per heavy atom. The number of sulfonamides is 1. The summed E-state index contributed by atoms with van der Waals surface area (Å²) >= 11 is 18.3. The Balaban J connectivity index is 1.75. The number of aryl methyl sites for hydroxylation is 1. The number of hydrogen-bond donors (Lipinski definition) is 4. The number of phenols is 1. The van der Waals surface area contributed by atoms with Crippen LogP contribution in [0.5, 0.6) is 5.75 Å². The predicted octanol–water partition coefficient (Wildman–Crippen LogP) is 5.61. The van der Waals surface area contributed by atoms with Gasteiger partial charge in [-0.2, -0.15) is 4.72 Å². The van der Waals surface area contributed by atoms with Crippen LogP contribution in [0.1, 0.15) is 29.3 Å². The standard InChI is InChI=1S/C24H22Cl3N3O5S/c1-3-18(30-36(34,35)14-9-7-13(2)8-10-14)24(33)28-19-12-21(31)20(11-17(19)26)29-23(32)15-5-4-6-16(25)22(15)27/h4-12,18,30-31H,3H2,1-2H3,(H,28,33)(H,29,32). The van der Waals surface area contributed by atoms with Crippen LogP contribution >= 0.6 is 34.8 Å². The lowest BCUT2D eigenvalue weighted by Crippen LogP contribution is -2.43. The van der Waals surface area contributed by atoms with Crippen LogP contribution in [0.4, 0.5) is 11.4 Å². The van der Waals surface area contributed by atoms with Crippen molar-refractivity contribution >= 4 is 68.0 Å². The molecule has 0 aliphatic carbocycles. The maximum absolute atomic E-state index is 12.8. The molecule has 4 N–H and O–H groups in total. The SMILES string of the molecule is CCC(NS(=O)(=O)c1ccc(C)cc1)C(=O)Nc1cc(O)c(NC(=O)c2cccc(Cl)c2Cl)cc1Cl. The summed E-state index contributed by atoms with van der Waals surface area (Å²) in [6, 6.07) is 12.0. The van der Waals surface area contributed by atoms with E-state index >= 15 is 0 Å². The number of halogens is 3. The Morgan fingerprint density at radius 3 is 2.25 bits per heavy atom. The number of phenolic OH excluding ortho intramolecular Hbond substituents is 1. The summed E-state index contributed by atoms with van der Waals surface area (Å²) < 4.78 is 27.7.